The fourth-order valence-electron chi connectivity index (χ4n) is 2.23. The lowest BCUT2D eigenvalue weighted by Crippen LogP contribution is -2.39. The zero-order valence-corrected chi connectivity index (χ0v) is 11.2. The van der Waals surface area contributed by atoms with E-state index in [0.717, 1.165) is 12.8 Å². The molecule has 0 aromatic rings. The Hall–Kier alpha value is -1.32. The van der Waals surface area contributed by atoms with Crippen LogP contribution in [0.4, 0.5) is 0 Å². The van der Waals surface area contributed by atoms with Crippen molar-refractivity contribution in [2.24, 2.45) is 17.8 Å². The molecule has 0 aromatic heterocycles. The van der Waals surface area contributed by atoms with E-state index in [-0.39, 0.29) is 5.91 Å². The van der Waals surface area contributed by atoms with Crippen molar-refractivity contribution in [2.45, 2.75) is 39.5 Å². The van der Waals surface area contributed by atoms with Crippen LogP contribution in [0.25, 0.3) is 0 Å². The number of amides is 1. The summed E-state index contributed by atoms with van der Waals surface area (Å²) in [6, 6.07) is 0. The van der Waals surface area contributed by atoms with E-state index >= 15 is 0 Å². The van der Waals surface area contributed by atoms with Crippen LogP contribution in [-0.2, 0) is 9.59 Å². The van der Waals surface area contributed by atoms with Crippen LogP contribution in [-0.4, -0.2) is 23.5 Å². The van der Waals surface area contributed by atoms with E-state index in [4.69, 9.17) is 5.11 Å². The topological polar surface area (TPSA) is 66.4 Å². The van der Waals surface area contributed by atoms with Crippen molar-refractivity contribution in [3.63, 3.8) is 0 Å². The molecule has 0 saturated heterocycles. The summed E-state index contributed by atoms with van der Waals surface area (Å²) in [6.07, 6.45) is 6.77. The summed E-state index contributed by atoms with van der Waals surface area (Å²) in [5.74, 6) is -1.34. The average Bonchev–Trinajstić information content (AvgIpc) is 2.34. The summed E-state index contributed by atoms with van der Waals surface area (Å²) in [7, 11) is 0. The molecule has 4 heteroatoms. The van der Waals surface area contributed by atoms with Crippen LogP contribution in [0.3, 0.4) is 0 Å². The SMILES string of the molecule is CC(C)CCCNC(=O)[C@@H]1CC=CC[C@@H]1C(=O)O. The van der Waals surface area contributed by atoms with Crippen LogP contribution < -0.4 is 5.32 Å². The molecule has 1 aliphatic carbocycles. The normalized spacial score (nSPS) is 23.1. The number of rotatable bonds is 6. The van der Waals surface area contributed by atoms with E-state index in [1.807, 2.05) is 12.2 Å². The number of aliphatic carboxylic acids is 1. The Balaban J connectivity index is 2.39. The zero-order valence-electron chi connectivity index (χ0n) is 11.2. The van der Waals surface area contributed by atoms with E-state index in [1.165, 1.54) is 0 Å². The molecule has 2 N–H and O–H groups in total. The molecule has 0 unspecified atom stereocenters. The lowest BCUT2D eigenvalue weighted by molar-refractivity contribution is -0.147. The molecule has 0 aromatic carbocycles. The summed E-state index contributed by atoms with van der Waals surface area (Å²) >= 11 is 0. The summed E-state index contributed by atoms with van der Waals surface area (Å²) in [5.41, 5.74) is 0. The molecule has 0 fully saturated rings. The molecule has 0 saturated carbocycles. The monoisotopic (exact) mass is 253 g/mol. The molecule has 0 spiro atoms. The summed E-state index contributed by atoms with van der Waals surface area (Å²) in [4.78, 5) is 23.0. The van der Waals surface area contributed by atoms with Gasteiger partial charge in [-0.3, -0.25) is 9.59 Å². The smallest absolute Gasteiger partial charge is 0.307 e. The first-order valence-electron chi connectivity index (χ1n) is 6.68. The Morgan fingerprint density at radius 1 is 1.28 bits per heavy atom. The Bertz CT molecular complexity index is 323. The summed E-state index contributed by atoms with van der Waals surface area (Å²) in [6.45, 7) is 4.94. The van der Waals surface area contributed by atoms with Gasteiger partial charge in [-0.05, 0) is 31.6 Å². The quantitative estimate of drug-likeness (QED) is 0.563. The third kappa shape index (κ3) is 4.51. The Labute approximate surface area is 108 Å². The molecule has 0 aliphatic heterocycles. The second kappa shape index (κ2) is 7.19. The van der Waals surface area contributed by atoms with Gasteiger partial charge in [-0.1, -0.05) is 26.0 Å². The first-order valence-corrected chi connectivity index (χ1v) is 6.68. The maximum Gasteiger partial charge on any atom is 0.307 e. The molecule has 1 rings (SSSR count). The second-order valence-electron chi connectivity index (χ2n) is 5.32. The molecular weight excluding hydrogens is 230 g/mol. The van der Waals surface area contributed by atoms with Crippen LogP contribution in [0.2, 0.25) is 0 Å². The molecule has 18 heavy (non-hydrogen) atoms. The number of allylic oxidation sites excluding steroid dienone is 2. The van der Waals surface area contributed by atoms with Crippen molar-refractivity contribution in [3.05, 3.63) is 12.2 Å². The van der Waals surface area contributed by atoms with Gasteiger partial charge in [0.2, 0.25) is 5.91 Å². The van der Waals surface area contributed by atoms with Crippen molar-refractivity contribution in [2.75, 3.05) is 6.54 Å². The minimum Gasteiger partial charge on any atom is -0.481 e. The number of hydrogen-bond acceptors (Lipinski definition) is 2. The molecule has 1 amide bonds. The molecule has 1 aliphatic rings. The van der Waals surface area contributed by atoms with Crippen molar-refractivity contribution >= 4 is 11.9 Å². The first kappa shape index (κ1) is 14.7. The van der Waals surface area contributed by atoms with Gasteiger partial charge in [-0.2, -0.15) is 0 Å². The van der Waals surface area contributed by atoms with Gasteiger partial charge in [-0.25, -0.2) is 0 Å². The fourth-order valence-corrected chi connectivity index (χ4v) is 2.23. The van der Waals surface area contributed by atoms with E-state index in [9.17, 15) is 9.59 Å². The molecule has 4 nitrogen and oxygen atoms in total. The molecule has 0 heterocycles. The molecular formula is C14H23NO3. The predicted octanol–water partition coefficient (Wildman–Crippen LogP) is 2.21. The minimum absolute atomic E-state index is 0.115. The molecule has 2 atom stereocenters. The maximum absolute atomic E-state index is 11.9. The second-order valence-corrected chi connectivity index (χ2v) is 5.32. The van der Waals surface area contributed by atoms with Crippen LogP contribution >= 0.6 is 0 Å². The highest BCUT2D eigenvalue weighted by atomic mass is 16.4. The third-order valence-electron chi connectivity index (χ3n) is 3.34. The van der Waals surface area contributed by atoms with Gasteiger partial charge in [-0.15, -0.1) is 0 Å². The number of carbonyl (C=O) groups excluding carboxylic acids is 1. The lowest BCUT2D eigenvalue weighted by atomic mass is 9.82. The van der Waals surface area contributed by atoms with Gasteiger partial charge in [0.15, 0.2) is 0 Å². The Morgan fingerprint density at radius 2 is 1.89 bits per heavy atom. The number of nitrogens with one attached hydrogen (secondary N) is 1. The van der Waals surface area contributed by atoms with Gasteiger partial charge in [0.1, 0.15) is 0 Å². The fraction of sp³-hybridized carbons (Fsp3) is 0.714. The Kier molecular flexibility index (Phi) is 5.89. The largest absolute Gasteiger partial charge is 0.481 e. The summed E-state index contributed by atoms with van der Waals surface area (Å²) in [5, 5.41) is 11.9. The highest BCUT2D eigenvalue weighted by Crippen LogP contribution is 2.25. The molecule has 0 radical (unpaired) electrons. The highest BCUT2D eigenvalue weighted by molar-refractivity contribution is 5.85. The number of hydrogen-bond donors (Lipinski definition) is 2. The van der Waals surface area contributed by atoms with Gasteiger partial charge in [0.25, 0.3) is 0 Å². The van der Waals surface area contributed by atoms with Crippen molar-refractivity contribution < 1.29 is 14.7 Å². The van der Waals surface area contributed by atoms with Crippen LogP contribution in [0.15, 0.2) is 12.2 Å². The lowest BCUT2D eigenvalue weighted by Gasteiger charge is -2.24. The minimum atomic E-state index is -0.873. The van der Waals surface area contributed by atoms with Crippen LogP contribution in [0.5, 0.6) is 0 Å². The Morgan fingerprint density at radius 3 is 2.44 bits per heavy atom. The number of carboxylic acids is 1. The van der Waals surface area contributed by atoms with Crippen LogP contribution in [0.1, 0.15) is 39.5 Å². The number of carbonyl (C=O) groups is 2. The van der Waals surface area contributed by atoms with E-state index in [1.54, 1.807) is 0 Å². The highest BCUT2D eigenvalue weighted by Gasteiger charge is 2.33. The van der Waals surface area contributed by atoms with Crippen molar-refractivity contribution in [1.82, 2.24) is 5.32 Å². The molecule has 0 bridgehead atoms. The first-order chi connectivity index (χ1) is 8.52. The zero-order chi connectivity index (χ0) is 13.5. The van der Waals surface area contributed by atoms with E-state index in [2.05, 4.69) is 19.2 Å². The van der Waals surface area contributed by atoms with Crippen LogP contribution in [0, 0.1) is 17.8 Å². The number of carboxylic acid groups (broad SMARTS) is 1. The van der Waals surface area contributed by atoms with Gasteiger partial charge in [0, 0.05) is 6.54 Å². The van der Waals surface area contributed by atoms with Gasteiger partial charge >= 0.3 is 5.97 Å². The van der Waals surface area contributed by atoms with E-state index < -0.39 is 17.8 Å². The average molecular weight is 253 g/mol. The predicted molar refractivity (Wildman–Crippen MR) is 70.1 cm³/mol. The van der Waals surface area contributed by atoms with Crippen molar-refractivity contribution in [3.8, 4) is 0 Å². The maximum atomic E-state index is 11.9. The third-order valence-corrected chi connectivity index (χ3v) is 3.34. The standard InChI is InChI=1S/C14H23NO3/c1-10(2)6-5-9-15-13(16)11-7-3-4-8-12(11)14(17)18/h3-4,10-12H,5-9H2,1-2H3,(H,15,16)(H,17,18)/t11-,12+/m1/s1. The van der Waals surface area contributed by atoms with Gasteiger partial charge < -0.3 is 10.4 Å². The summed E-state index contributed by atoms with van der Waals surface area (Å²) < 4.78 is 0. The van der Waals surface area contributed by atoms with Gasteiger partial charge in [0.05, 0.1) is 11.8 Å². The molecule has 102 valence electrons. The van der Waals surface area contributed by atoms with Crippen molar-refractivity contribution in [1.29, 1.82) is 0 Å². The van der Waals surface area contributed by atoms with E-state index in [0.29, 0.717) is 25.3 Å².